The van der Waals surface area contributed by atoms with E-state index in [1.165, 1.54) is 30.3 Å². The number of hydrogen-bond donors (Lipinski definition) is 1. The second-order valence-electron chi connectivity index (χ2n) is 4.26. The summed E-state index contributed by atoms with van der Waals surface area (Å²) in [6.07, 6.45) is -3.81. The summed E-state index contributed by atoms with van der Waals surface area (Å²) in [6, 6.07) is 8.55. The fourth-order valence-corrected chi connectivity index (χ4v) is 1.66. The number of aldehydes is 1. The van der Waals surface area contributed by atoms with E-state index in [2.05, 4.69) is 11.8 Å². The lowest BCUT2D eigenvalue weighted by molar-refractivity contribution is -0.137. The molecule has 0 aliphatic heterocycles. The monoisotopic (exact) mass is 290 g/mol. The maximum absolute atomic E-state index is 12.4. The molecule has 21 heavy (non-hydrogen) atoms. The zero-order chi connectivity index (χ0) is 15.5. The van der Waals surface area contributed by atoms with Crippen LogP contribution in [0.4, 0.5) is 13.2 Å². The second-order valence-corrected chi connectivity index (χ2v) is 4.26. The molecule has 0 bridgehead atoms. The number of hydrogen-bond acceptors (Lipinski definition) is 2. The van der Waals surface area contributed by atoms with Crippen molar-refractivity contribution in [1.82, 2.24) is 0 Å². The lowest BCUT2D eigenvalue weighted by Gasteiger charge is -2.05. The zero-order valence-corrected chi connectivity index (χ0v) is 10.6. The van der Waals surface area contributed by atoms with E-state index in [9.17, 15) is 23.1 Å². The van der Waals surface area contributed by atoms with Gasteiger partial charge in [-0.2, -0.15) is 13.2 Å². The van der Waals surface area contributed by atoms with Gasteiger partial charge in [0, 0.05) is 16.7 Å². The van der Waals surface area contributed by atoms with Crippen LogP contribution in [0.5, 0.6) is 5.75 Å². The first-order valence-electron chi connectivity index (χ1n) is 5.87. The Morgan fingerprint density at radius 2 is 1.57 bits per heavy atom. The van der Waals surface area contributed by atoms with Gasteiger partial charge in [0.05, 0.1) is 5.56 Å². The van der Waals surface area contributed by atoms with Crippen molar-refractivity contribution in [3.63, 3.8) is 0 Å². The lowest BCUT2D eigenvalue weighted by atomic mass is 10.1. The average Bonchev–Trinajstić information content (AvgIpc) is 2.44. The molecule has 0 amide bonds. The van der Waals surface area contributed by atoms with E-state index in [0.717, 1.165) is 12.1 Å². The fourth-order valence-electron chi connectivity index (χ4n) is 1.66. The summed E-state index contributed by atoms with van der Waals surface area (Å²) >= 11 is 0. The molecule has 2 aromatic carbocycles. The minimum Gasteiger partial charge on any atom is -0.508 e. The third-order valence-corrected chi connectivity index (χ3v) is 2.64. The lowest BCUT2D eigenvalue weighted by Crippen LogP contribution is -2.04. The predicted octanol–water partition coefficient (Wildman–Crippen LogP) is 3.62. The van der Waals surface area contributed by atoms with Crippen molar-refractivity contribution in [3.8, 4) is 17.6 Å². The molecule has 0 saturated carbocycles. The summed E-state index contributed by atoms with van der Waals surface area (Å²) in [5.74, 6) is 5.26. The molecule has 106 valence electrons. The third kappa shape index (κ3) is 3.86. The molecule has 2 rings (SSSR count). The smallest absolute Gasteiger partial charge is 0.416 e. The standard InChI is InChI=1S/C16H9F3O2/c17-16(18,19)14-5-3-11(4-6-14)1-2-12-7-13(10-20)9-15(21)8-12/h3-10,21H. The highest BCUT2D eigenvalue weighted by molar-refractivity contribution is 5.76. The first-order chi connectivity index (χ1) is 9.88. The Balaban J connectivity index is 2.27. The van der Waals surface area contributed by atoms with E-state index in [1.54, 1.807) is 0 Å². The first-order valence-corrected chi connectivity index (χ1v) is 5.87. The largest absolute Gasteiger partial charge is 0.508 e. The fraction of sp³-hybridized carbons (Fsp3) is 0.0625. The molecular formula is C16H9F3O2. The molecular weight excluding hydrogens is 281 g/mol. The quantitative estimate of drug-likeness (QED) is 0.643. The van der Waals surface area contributed by atoms with Gasteiger partial charge >= 0.3 is 6.18 Å². The highest BCUT2D eigenvalue weighted by Crippen LogP contribution is 2.28. The van der Waals surface area contributed by atoms with Crippen LogP contribution in [0.2, 0.25) is 0 Å². The number of carbonyl (C=O) groups is 1. The van der Waals surface area contributed by atoms with Gasteiger partial charge in [-0.05, 0) is 42.5 Å². The van der Waals surface area contributed by atoms with Crippen LogP contribution in [0.1, 0.15) is 27.0 Å². The SMILES string of the molecule is O=Cc1cc(O)cc(C#Cc2ccc(C(F)(F)F)cc2)c1. The number of halogens is 3. The molecule has 0 unspecified atom stereocenters. The van der Waals surface area contributed by atoms with Crippen LogP contribution in [-0.2, 0) is 6.18 Å². The Hall–Kier alpha value is -2.74. The molecule has 1 N–H and O–H groups in total. The van der Waals surface area contributed by atoms with Gasteiger partial charge in [0.2, 0.25) is 0 Å². The highest BCUT2D eigenvalue weighted by atomic mass is 19.4. The maximum Gasteiger partial charge on any atom is 0.416 e. The molecule has 0 fully saturated rings. The van der Waals surface area contributed by atoms with Gasteiger partial charge in [0.1, 0.15) is 12.0 Å². The number of aromatic hydroxyl groups is 1. The van der Waals surface area contributed by atoms with E-state index < -0.39 is 11.7 Å². The van der Waals surface area contributed by atoms with Gasteiger partial charge in [-0.3, -0.25) is 4.79 Å². The van der Waals surface area contributed by atoms with E-state index in [4.69, 9.17) is 0 Å². The Labute approximate surface area is 118 Å². The maximum atomic E-state index is 12.4. The van der Waals surface area contributed by atoms with Crippen LogP contribution in [0.3, 0.4) is 0 Å². The molecule has 0 aliphatic rings. The van der Waals surface area contributed by atoms with Crippen molar-refractivity contribution in [1.29, 1.82) is 0 Å². The van der Waals surface area contributed by atoms with Gasteiger partial charge in [-0.15, -0.1) is 0 Å². The Morgan fingerprint density at radius 3 is 2.14 bits per heavy atom. The molecule has 2 nitrogen and oxygen atoms in total. The van der Waals surface area contributed by atoms with Crippen molar-refractivity contribution in [3.05, 3.63) is 64.7 Å². The van der Waals surface area contributed by atoms with E-state index in [-0.39, 0.29) is 11.3 Å². The average molecular weight is 290 g/mol. The second kappa shape index (κ2) is 5.71. The van der Waals surface area contributed by atoms with Gasteiger partial charge in [0.25, 0.3) is 0 Å². The van der Waals surface area contributed by atoms with Crippen molar-refractivity contribution >= 4 is 6.29 Å². The number of benzene rings is 2. The number of phenols is 1. The van der Waals surface area contributed by atoms with Crippen LogP contribution >= 0.6 is 0 Å². The minimum absolute atomic E-state index is 0.101. The Bertz CT molecular complexity index is 720. The number of rotatable bonds is 1. The predicted molar refractivity (Wildman–Crippen MR) is 70.9 cm³/mol. The summed E-state index contributed by atoms with van der Waals surface area (Å²) < 4.78 is 37.2. The summed E-state index contributed by atoms with van der Waals surface area (Å²) in [5.41, 5.74) is 0.330. The van der Waals surface area contributed by atoms with Gasteiger partial charge in [-0.1, -0.05) is 11.8 Å². The Morgan fingerprint density at radius 1 is 0.952 bits per heavy atom. The van der Waals surface area contributed by atoms with E-state index in [1.807, 2.05) is 0 Å². The summed E-state index contributed by atoms with van der Waals surface area (Å²) in [4.78, 5) is 10.7. The minimum atomic E-state index is -4.38. The number of alkyl halides is 3. The van der Waals surface area contributed by atoms with Crippen molar-refractivity contribution < 1.29 is 23.1 Å². The number of phenolic OH excluding ortho intramolecular Hbond substituents is 1. The topological polar surface area (TPSA) is 37.3 Å². The number of carbonyl (C=O) groups excluding carboxylic acids is 1. The van der Waals surface area contributed by atoms with Crippen molar-refractivity contribution in [2.24, 2.45) is 0 Å². The Kier molecular flexibility index (Phi) is 3.99. The molecule has 0 radical (unpaired) electrons. The third-order valence-electron chi connectivity index (χ3n) is 2.64. The molecule has 2 aromatic rings. The normalized spacial score (nSPS) is 10.6. The summed E-state index contributed by atoms with van der Waals surface area (Å²) in [6.45, 7) is 0. The van der Waals surface area contributed by atoms with Crippen molar-refractivity contribution in [2.45, 2.75) is 6.18 Å². The molecule has 0 aromatic heterocycles. The molecule has 0 spiro atoms. The molecule has 5 heteroatoms. The van der Waals surface area contributed by atoms with Crippen LogP contribution in [0.15, 0.2) is 42.5 Å². The molecule has 0 atom stereocenters. The van der Waals surface area contributed by atoms with Crippen LogP contribution in [-0.4, -0.2) is 11.4 Å². The summed E-state index contributed by atoms with van der Waals surface area (Å²) in [7, 11) is 0. The van der Waals surface area contributed by atoms with Gasteiger partial charge in [0.15, 0.2) is 0 Å². The molecule has 0 heterocycles. The van der Waals surface area contributed by atoms with Crippen LogP contribution in [0, 0.1) is 11.8 Å². The summed E-state index contributed by atoms with van der Waals surface area (Å²) in [5, 5.41) is 9.40. The van der Waals surface area contributed by atoms with E-state index in [0.29, 0.717) is 17.4 Å². The van der Waals surface area contributed by atoms with E-state index >= 15 is 0 Å². The first kappa shape index (κ1) is 14.7. The van der Waals surface area contributed by atoms with Gasteiger partial charge in [-0.25, -0.2) is 0 Å². The van der Waals surface area contributed by atoms with Crippen molar-refractivity contribution in [2.75, 3.05) is 0 Å². The van der Waals surface area contributed by atoms with Crippen LogP contribution in [0.25, 0.3) is 0 Å². The molecule has 0 saturated heterocycles. The van der Waals surface area contributed by atoms with Gasteiger partial charge < -0.3 is 5.11 Å². The molecule has 0 aliphatic carbocycles. The van der Waals surface area contributed by atoms with Crippen LogP contribution < -0.4 is 0 Å². The zero-order valence-electron chi connectivity index (χ0n) is 10.6. The highest BCUT2D eigenvalue weighted by Gasteiger charge is 2.29.